The van der Waals surface area contributed by atoms with E-state index in [9.17, 15) is 19.6 Å². The zero-order valence-electron chi connectivity index (χ0n) is 20.6. The van der Waals surface area contributed by atoms with Gasteiger partial charge in [-0.1, -0.05) is 42.1 Å². The largest absolute Gasteiger partial charge is 0.494 e. The minimum atomic E-state index is -0.937. The average Bonchev–Trinajstić information content (AvgIpc) is 3.20. The number of aryl methyl sites for hydroxylation is 1. The molecule has 188 valence electrons. The fourth-order valence-corrected chi connectivity index (χ4v) is 4.99. The number of nitrogens with zero attached hydrogens (tertiary/aromatic N) is 4. The molecule has 0 radical (unpaired) electrons. The molecule has 1 fully saturated rings. The summed E-state index contributed by atoms with van der Waals surface area (Å²) in [6.07, 6.45) is -0.110. The van der Waals surface area contributed by atoms with Crippen LogP contribution in [0.5, 0.6) is 5.75 Å². The van der Waals surface area contributed by atoms with Gasteiger partial charge in [0.1, 0.15) is 22.9 Å². The van der Waals surface area contributed by atoms with Crippen LogP contribution in [0, 0.1) is 18.3 Å². The van der Waals surface area contributed by atoms with Gasteiger partial charge in [0.15, 0.2) is 0 Å². The Kier molecular flexibility index (Phi) is 8.21. The Bertz CT molecular complexity index is 1340. The number of aromatic nitrogens is 1. The first kappa shape index (κ1) is 25.9. The maximum absolute atomic E-state index is 13.5. The van der Waals surface area contributed by atoms with E-state index < -0.39 is 11.9 Å². The molecule has 3 amide bonds. The van der Waals surface area contributed by atoms with Gasteiger partial charge in [-0.05, 0) is 55.8 Å². The number of nitriles is 1. The van der Waals surface area contributed by atoms with Gasteiger partial charge in [-0.2, -0.15) is 5.26 Å². The monoisotopic (exact) mass is 514 g/mol. The molecule has 37 heavy (non-hydrogen) atoms. The normalized spacial score (nSPS) is 14.9. The van der Waals surface area contributed by atoms with Gasteiger partial charge in [-0.25, -0.2) is 9.88 Å². The summed E-state index contributed by atoms with van der Waals surface area (Å²) < 4.78 is 5.45. The summed E-state index contributed by atoms with van der Waals surface area (Å²) in [7, 11) is 0. The Labute approximate surface area is 219 Å². The van der Waals surface area contributed by atoms with Gasteiger partial charge in [0.05, 0.1) is 30.0 Å². The third-order valence-electron chi connectivity index (χ3n) is 5.87. The summed E-state index contributed by atoms with van der Waals surface area (Å²) >= 11 is 1.15. The van der Waals surface area contributed by atoms with E-state index in [1.165, 1.54) is 4.90 Å². The number of carbonyl (C=O) groups is 3. The van der Waals surface area contributed by atoms with Gasteiger partial charge in [0, 0.05) is 12.2 Å². The molecule has 1 unspecified atom stereocenters. The number of anilines is 1. The van der Waals surface area contributed by atoms with Crippen LogP contribution in [0.15, 0.2) is 71.8 Å². The first-order valence-corrected chi connectivity index (χ1v) is 12.8. The minimum Gasteiger partial charge on any atom is -0.494 e. The quantitative estimate of drug-likeness (QED) is 0.313. The van der Waals surface area contributed by atoms with Crippen molar-refractivity contribution in [1.29, 1.82) is 5.26 Å². The van der Waals surface area contributed by atoms with Crippen LogP contribution >= 0.6 is 11.8 Å². The van der Waals surface area contributed by atoms with Crippen molar-refractivity contribution in [3.05, 3.63) is 83.6 Å². The molecule has 1 atom stereocenters. The minimum absolute atomic E-state index is 0.0288. The third-order valence-corrected chi connectivity index (χ3v) is 6.85. The molecule has 9 heteroatoms. The number of hydrogen-bond acceptors (Lipinski definition) is 7. The molecule has 0 saturated carbocycles. The van der Waals surface area contributed by atoms with Crippen LogP contribution in [-0.2, 0) is 20.9 Å². The Morgan fingerprint density at radius 2 is 1.86 bits per heavy atom. The average molecular weight is 515 g/mol. The van der Waals surface area contributed by atoms with E-state index in [1.54, 1.807) is 36.4 Å². The summed E-state index contributed by atoms with van der Waals surface area (Å²) in [5.74, 6) is -0.527. The van der Waals surface area contributed by atoms with Crippen molar-refractivity contribution >= 4 is 35.2 Å². The first-order valence-electron chi connectivity index (χ1n) is 11.8. The van der Waals surface area contributed by atoms with Gasteiger partial charge in [-0.15, -0.1) is 0 Å². The lowest BCUT2D eigenvalue weighted by Crippen LogP contribution is -2.45. The number of benzene rings is 2. The molecule has 1 aromatic heterocycles. The third kappa shape index (κ3) is 5.98. The van der Waals surface area contributed by atoms with Crippen LogP contribution in [-0.4, -0.2) is 46.0 Å². The van der Waals surface area contributed by atoms with E-state index in [-0.39, 0.29) is 30.5 Å². The Balaban J connectivity index is 1.58. The lowest BCUT2D eigenvalue weighted by molar-refractivity contribution is -0.136. The molecular formula is C28H26N4O4S. The van der Waals surface area contributed by atoms with Gasteiger partial charge < -0.3 is 9.64 Å². The SMILES string of the molecule is CCOc1ccc(N2C(=O)CC(N(Cc3ccccc3)C(=O)CSc3nc(C)ccc3C#N)C2=O)cc1. The highest BCUT2D eigenvalue weighted by Gasteiger charge is 2.44. The summed E-state index contributed by atoms with van der Waals surface area (Å²) in [6.45, 7) is 4.37. The molecule has 1 aliphatic heterocycles. The molecular weight excluding hydrogens is 488 g/mol. The van der Waals surface area contributed by atoms with Crippen LogP contribution in [0.3, 0.4) is 0 Å². The van der Waals surface area contributed by atoms with Gasteiger partial charge in [0.25, 0.3) is 5.91 Å². The number of pyridine rings is 1. The molecule has 4 rings (SSSR count). The summed E-state index contributed by atoms with van der Waals surface area (Å²) in [4.78, 5) is 46.9. The number of carbonyl (C=O) groups excluding carboxylic acids is 3. The van der Waals surface area contributed by atoms with Crippen molar-refractivity contribution < 1.29 is 19.1 Å². The molecule has 0 spiro atoms. The fraction of sp³-hybridized carbons (Fsp3) is 0.250. The van der Waals surface area contributed by atoms with E-state index >= 15 is 0 Å². The predicted molar refractivity (Wildman–Crippen MR) is 140 cm³/mol. The van der Waals surface area contributed by atoms with Crippen LogP contribution in [0.1, 0.15) is 30.2 Å². The number of imide groups is 1. The zero-order chi connectivity index (χ0) is 26.4. The number of ether oxygens (including phenoxy) is 1. The van der Waals surface area contributed by atoms with Gasteiger partial charge >= 0.3 is 0 Å². The number of thioether (sulfide) groups is 1. The van der Waals surface area contributed by atoms with E-state index in [4.69, 9.17) is 4.74 Å². The van der Waals surface area contributed by atoms with Gasteiger partial charge in [0.2, 0.25) is 11.8 Å². The number of hydrogen-bond donors (Lipinski definition) is 0. The molecule has 0 bridgehead atoms. The Morgan fingerprint density at radius 1 is 1.14 bits per heavy atom. The van der Waals surface area contributed by atoms with Crippen molar-refractivity contribution in [3.63, 3.8) is 0 Å². The molecule has 2 heterocycles. The number of rotatable bonds is 9. The topological polar surface area (TPSA) is 104 Å². The second-order valence-corrected chi connectivity index (χ2v) is 9.39. The second-order valence-electron chi connectivity index (χ2n) is 8.43. The van der Waals surface area contributed by atoms with Crippen molar-refractivity contribution in [2.45, 2.75) is 37.9 Å². The highest BCUT2D eigenvalue weighted by atomic mass is 32.2. The van der Waals surface area contributed by atoms with Crippen LogP contribution < -0.4 is 9.64 Å². The highest BCUT2D eigenvalue weighted by Crippen LogP contribution is 2.29. The van der Waals surface area contributed by atoms with E-state index in [2.05, 4.69) is 11.1 Å². The molecule has 1 saturated heterocycles. The maximum atomic E-state index is 13.5. The van der Waals surface area contributed by atoms with Crippen molar-refractivity contribution in [1.82, 2.24) is 9.88 Å². The maximum Gasteiger partial charge on any atom is 0.257 e. The fourth-order valence-electron chi connectivity index (χ4n) is 4.08. The van der Waals surface area contributed by atoms with E-state index in [0.717, 1.165) is 27.9 Å². The van der Waals surface area contributed by atoms with Crippen LogP contribution in [0.4, 0.5) is 5.69 Å². The molecule has 8 nitrogen and oxygen atoms in total. The summed E-state index contributed by atoms with van der Waals surface area (Å²) in [5.41, 5.74) is 2.39. The number of amides is 3. The van der Waals surface area contributed by atoms with Crippen molar-refractivity contribution in [2.24, 2.45) is 0 Å². The highest BCUT2D eigenvalue weighted by molar-refractivity contribution is 8.00. The standard InChI is InChI=1S/C28H26N4O4S/c1-3-36-23-13-11-22(12-14-23)32-25(33)15-24(28(32)35)31(17-20-7-5-4-6-8-20)26(34)18-37-27-21(16-29)10-9-19(2)30-27/h4-14,24H,3,15,17-18H2,1-2H3. The summed E-state index contributed by atoms with van der Waals surface area (Å²) in [5, 5.41) is 9.86. The lowest BCUT2D eigenvalue weighted by atomic mass is 10.1. The second kappa shape index (κ2) is 11.7. The Hall–Kier alpha value is -4.16. The smallest absolute Gasteiger partial charge is 0.257 e. The molecule has 0 aliphatic carbocycles. The van der Waals surface area contributed by atoms with E-state index in [0.29, 0.717) is 28.6 Å². The molecule has 1 aliphatic rings. The summed E-state index contributed by atoms with van der Waals surface area (Å²) in [6, 6.07) is 20.6. The van der Waals surface area contributed by atoms with Crippen LogP contribution in [0.25, 0.3) is 0 Å². The van der Waals surface area contributed by atoms with Crippen LogP contribution in [0.2, 0.25) is 0 Å². The molecule has 0 N–H and O–H groups in total. The van der Waals surface area contributed by atoms with Gasteiger partial charge in [-0.3, -0.25) is 14.4 Å². The molecule has 3 aromatic rings. The van der Waals surface area contributed by atoms with E-state index in [1.807, 2.05) is 44.2 Å². The van der Waals surface area contributed by atoms with Crippen molar-refractivity contribution in [3.8, 4) is 11.8 Å². The lowest BCUT2D eigenvalue weighted by Gasteiger charge is -2.28. The van der Waals surface area contributed by atoms with Crippen molar-refractivity contribution in [2.75, 3.05) is 17.3 Å². The predicted octanol–water partition coefficient (Wildman–Crippen LogP) is 4.11. The zero-order valence-corrected chi connectivity index (χ0v) is 21.4. The Morgan fingerprint density at radius 3 is 2.54 bits per heavy atom. The molecule has 2 aromatic carbocycles. The first-order chi connectivity index (χ1) is 17.9.